The molecule has 2 N–H and O–H groups in total. The highest BCUT2D eigenvalue weighted by Gasteiger charge is 2.22. The van der Waals surface area contributed by atoms with Crippen molar-refractivity contribution in [2.24, 2.45) is 0 Å². The number of ether oxygens (including phenoxy) is 1. The average molecular weight is 503 g/mol. The summed E-state index contributed by atoms with van der Waals surface area (Å²) < 4.78 is 19.5. The molecule has 1 amide bonds. The van der Waals surface area contributed by atoms with E-state index in [1.165, 1.54) is 12.1 Å². The van der Waals surface area contributed by atoms with Crippen LogP contribution in [0.3, 0.4) is 0 Å². The van der Waals surface area contributed by atoms with Crippen LogP contribution in [0.2, 0.25) is 5.15 Å². The molecule has 182 valence electrons. The molecule has 0 unspecified atom stereocenters. The van der Waals surface area contributed by atoms with Crippen molar-refractivity contribution < 1.29 is 13.9 Å². The third kappa shape index (κ3) is 6.09. The molecule has 0 saturated heterocycles. The Balaban J connectivity index is 1.55. The van der Waals surface area contributed by atoms with E-state index in [1.54, 1.807) is 19.2 Å². The fraction of sp³-hybridized carbons (Fsp3) is 0.179. The second-order valence-corrected chi connectivity index (χ2v) is 8.63. The molecular weight excluding hydrogens is 479 g/mol. The van der Waals surface area contributed by atoms with Crippen molar-refractivity contribution in [2.75, 3.05) is 7.11 Å². The molecule has 1 atom stereocenters. The molecule has 8 heteroatoms. The van der Waals surface area contributed by atoms with Gasteiger partial charge in [0.1, 0.15) is 34.3 Å². The van der Waals surface area contributed by atoms with E-state index in [1.807, 2.05) is 54.6 Å². The van der Waals surface area contributed by atoms with Crippen LogP contribution in [0.5, 0.6) is 5.75 Å². The van der Waals surface area contributed by atoms with Crippen LogP contribution in [-0.2, 0) is 17.6 Å². The predicted molar refractivity (Wildman–Crippen MR) is 136 cm³/mol. The van der Waals surface area contributed by atoms with E-state index in [9.17, 15) is 9.18 Å². The molecule has 6 nitrogen and oxygen atoms in total. The van der Waals surface area contributed by atoms with Crippen LogP contribution in [0.1, 0.15) is 35.0 Å². The lowest BCUT2D eigenvalue weighted by molar-refractivity contribution is -0.121. The van der Waals surface area contributed by atoms with E-state index in [4.69, 9.17) is 21.6 Å². The van der Waals surface area contributed by atoms with Crippen LogP contribution in [-0.4, -0.2) is 23.0 Å². The number of halogens is 2. The summed E-state index contributed by atoms with van der Waals surface area (Å²) in [4.78, 5) is 20.6. The minimum absolute atomic E-state index is 0.0594. The molecule has 0 spiro atoms. The number of aromatic nitrogens is 2. The predicted octanol–water partition coefficient (Wildman–Crippen LogP) is 5.78. The molecule has 4 aromatic rings. The summed E-state index contributed by atoms with van der Waals surface area (Å²) in [5.74, 6) is 0.407. The largest absolute Gasteiger partial charge is 0.497 e. The fourth-order valence-electron chi connectivity index (χ4n) is 3.90. The number of nitrogens with zero attached hydrogens (tertiary/aromatic N) is 2. The fourth-order valence-corrected chi connectivity index (χ4v) is 4.14. The highest BCUT2D eigenvalue weighted by Crippen LogP contribution is 2.29. The van der Waals surface area contributed by atoms with Gasteiger partial charge in [0.15, 0.2) is 0 Å². The Hall–Kier alpha value is -4.15. The Labute approximate surface area is 213 Å². The van der Waals surface area contributed by atoms with Gasteiger partial charge in [0.2, 0.25) is 5.91 Å². The summed E-state index contributed by atoms with van der Waals surface area (Å²) in [6.45, 7) is 0. The number of hydrogen-bond donors (Lipinski definition) is 2. The number of aromatic amines is 1. The Morgan fingerprint density at radius 3 is 2.64 bits per heavy atom. The summed E-state index contributed by atoms with van der Waals surface area (Å²) in [5, 5.41) is 12.3. The molecule has 0 fully saturated rings. The minimum Gasteiger partial charge on any atom is -0.497 e. The lowest BCUT2D eigenvalue weighted by Gasteiger charge is -2.17. The molecule has 0 bridgehead atoms. The van der Waals surface area contributed by atoms with Gasteiger partial charge in [0.25, 0.3) is 0 Å². The summed E-state index contributed by atoms with van der Waals surface area (Å²) >= 11 is 6.43. The molecule has 1 aromatic heterocycles. The van der Waals surface area contributed by atoms with Gasteiger partial charge in [-0.15, -0.1) is 0 Å². The smallest absolute Gasteiger partial charge is 0.220 e. The lowest BCUT2D eigenvalue weighted by atomic mass is 10.0. The molecule has 0 aliphatic heterocycles. The van der Waals surface area contributed by atoms with Crippen LogP contribution in [0, 0.1) is 17.1 Å². The highest BCUT2D eigenvalue weighted by atomic mass is 35.5. The van der Waals surface area contributed by atoms with Crippen molar-refractivity contribution >= 4 is 17.5 Å². The number of benzene rings is 3. The molecule has 1 heterocycles. The first-order chi connectivity index (χ1) is 17.5. The Bertz CT molecular complexity index is 1400. The SMILES string of the molecule is COc1cccc(CCC(=O)N[C@@H](Cc2ccccc2)c2nc(-c3ccc(C#N)c(F)c3)c(Cl)[nH]2)c1. The number of amides is 1. The third-order valence-corrected chi connectivity index (χ3v) is 6.04. The van der Waals surface area contributed by atoms with Crippen molar-refractivity contribution in [3.63, 3.8) is 0 Å². The van der Waals surface area contributed by atoms with Gasteiger partial charge < -0.3 is 15.0 Å². The summed E-state index contributed by atoms with van der Waals surface area (Å²) in [7, 11) is 1.61. The van der Waals surface area contributed by atoms with Crippen molar-refractivity contribution in [1.82, 2.24) is 15.3 Å². The molecular formula is C28H24ClFN4O2. The van der Waals surface area contributed by atoms with Crippen LogP contribution in [0.25, 0.3) is 11.3 Å². The van der Waals surface area contributed by atoms with E-state index in [0.29, 0.717) is 29.9 Å². The zero-order valence-corrected chi connectivity index (χ0v) is 20.3. The van der Waals surface area contributed by atoms with Crippen LogP contribution in [0.4, 0.5) is 4.39 Å². The maximum absolute atomic E-state index is 14.2. The van der Waals surface area contributed by atoms with Gasteiger partial charge in [-0.1, -0.05) is 60.1 Å². The minimum atomic E-state index is -0.651. The number of rotatable bonds is 9. The van der Waals surface area contributed by atoms with Gasteiger partial charge in [0.05, 0.1) is 18.7 Å². The van der Waals surface area contributed by atoms with Crippen molar-refractivity contribution in [2.45, 2.75) is 25.3 Å². The van der Waals surface area contributed by atoms with E-state index < -0.39 is 11.9 Å². The third-order valence-electron chi connectivity index (χ3n) is 5.76. The number of H-pyrrole nitrogens is 1. The molecule has 0 saturated carbocycles. The number of methoxy groups -OCH3 is 1. The second kappa shape index (κ2) is 11.5. The van der Waals surface area contributed by atoms with Gasteiger partial charge in [-0.25, -0.2) is 9.37 Å². The standard InChI is InChI=1S/C28H24ClFN4O2/c1-36-22-9-5-8-19(14-22)10-13-25(35)32-24(15-18-6-3-2-4-7-18)28-33-26(27(29)34-28)20-11-12-21(17-31)23(30)16-20/h2-9,11-12,14,16,24H,10,13,15H2,1H3,(H,32,35)(H,33,34)/t24-/m0/s1. The maximum Gasteiger partial charge on any atom is 0.220 e. The van der Waals surface area contributed by atoms with E-state index >= 15 is 0 Å². The number of nitrogens with one attached hydrogen (secondary N) is 2. The van der Waals surface area contributed by atoms with Crippen LogP contribution >= 0.6 is 11.6 Å². The number of imidazole rings is 1. The first kappa shape index (κ1) is 25.0. The van der Waals surface area contributed by atoms with Crippen LogP contribution < -0.4 is 10.1 Å². The normalized spacial score (nSPS) is 11.5. The quantitative estimate of drug-likeness (QED) is 0.303. The number of nitriles is 1. The van der Waals surface area contributed by atoms with Crippen LogP contribution in [0.15, 0.2) is 72.8 Å². The molecule has 0 aliphatic rings. The monoisotopic (exact) mass is 502 g/mol. The van der Waals surface area contributed by atoms with Gasteiger partial charge >= 0.3 is 0 Å². The van der Waals surface area contributed by atoms with E-state index in [-0.39, 0.29) is 23.0 Å². The van der Waals surface area contributed by atoms with Gasteiger partial charge in [-0.05, 0) is 48.2 Å². The second-order valence-electron chi connectivity index (χ2n) is 8.25. The van der Waals surface area contributed by atoms with Gasteiger partial charge in [-0.3, -0.25) is 4.79 Å². The highest BCUT2D eigenvalue weighted by molar-refractivity contribution is 6.31. The van der Waals surface area contributed by atoms with Crippen molar-refractivity contribution in [3.05, 3.63) is 106 Å². The Morgan fingerprint density at radius 1 is 1.14 bits per heavy atom. The number of carbonyl (C=O) groups is 1. The summed E-state index contributed by atoms with van der Waals surface area (Å²) in [5.41, 5.74) is 2.72. The molecule has 0 aliphatic carbocycles. The zero-order chi connectivity index (χ0) is 25.5. The maximum atomic E-state index is 14.2. The summed E-state index contributed by atoms with van der Waals surface area (Å²) in [6.07, 6.45) is 1.31. The number of aryl methyl sites for hydroxylation is 1. The Kier molecular flexibility index (Phi) is 7.99. The zero-order valence-electron chi connectivity index (χ0n) is 19.6. The Morgan fingerprint density at radius 2 is 1.92 bits per heavy atom. The number of hydrogen-bond acceptors (Lipinski definition) is 4. The molecule has 3 aromatic carbocycles. The lowest BCUT2D eigenvalue weighted by Crippen LogP contribution is -2.31. The first-order valence-corrected chi connectivity index (χ1v) is 11.8. The van der Waals surface area contributed by atoms with E-state index in [2.05, 4.69) is 15.3 Å². The first-order valence-electron chi connectivity index (χ1n) is 11.4. The van der Waals surface area contributed by atoms with Crippen molar-refractivity contribution in [1.29, 1.82) is 5.26 Å². The van der Waals surface area contributed by atoms with Gasteiger partial charge in [0, 0.05) is 12.0 Å². The number of carbonyl (C=O) groups excluding carboxylic acids is 1. The summed E-state index contributed by atoms with van der Waals surface area (Å²) in [6, 6.07) is 22.8. The topological polar surface area (TPSA) is 90.8 Å². The molecule has 0 radical (unpaired) electrons. The molecule has 36 heavy (non-hydrogen) atoms. The van der Waals surface area contributed by atoms with E-state index in [0.717, 1.165) is 16.9 Å². The molecule has 4 rings (SSSR count). The van der Waals surface area contributed by atoms with Crippen molar-refractivity contribution in [3.8, 4) is 23.1 Å². The van der Waals surface area contributed by atoms with Gasteiger partial charge in [-0.2, -0.15) is 5.26 Å². The average Bonchev–Trinajstić information content (AvgIpc) is 3.29.